The van der Waals surface area contributed by atoms with E-state index in [1.807, 2.05) is 35.2 Å². The number of likely N-dealkylation sites (tertiary alicyclic amines) is 2. The van der Waals surface area contributed by atoms with Gasteiger partial charge in [-0.1, -0.05) is 30.3 Å². The van der Waals surface area contributed by atoms with Gasteiger partial charge in [-0.2, -0.15) is 0 Å². The lowest BCUT2D eigenvalue weighted by molar-refractivity contribution is -0.131. The van der Waals surface area contributed by atoms with Crippen LogP contribution in [0.5, 0.6) is 0 Å². The summed E-state index contributed by atoms with van der Waals surface area (Å²) in [5, 5.41) is 8.96. The maximum Gasteiger partial charge on any atom is 0.226 e. The lowest BCUT2D eigenvalue weighted by Crippen LogP contribution is -2.39. The number of hydrogen-bond donors (Lipinski definition) is 0. The van der Waals surface area contributed by atoms with Crippen molar-refractivity contribution in [3.05, 3.63) is 47.5 Å². The summed E-state index contributed by atoms with van der Waals surface area (Å²) >= 11 is 0. The summed E-state index contributed by atoms with van der Waals surface area (Å²) in [5.74, 6) is 2.77. The van der Waals surface area contributed by atoms with Crippen LogP contribution in [-0.2, 0) is 24.8 Å². The summed E-state index contributed by atoms with van der Waals surface area (Å²) < 4.78 is 2.18. The van der Waals surface area contributed by atoms with Gasteiger partial charge < -0.3 is 9.47 Å². The van der Waals surface area contributed by atoms with E-state index in [1.54, 1.807) is 0 Å². The van der Waals surface area contributed by atoms with Crippen LogP contribution in [0.25, 0.3) is 0 Å². The van der Waals surface area contributed by atoms with Crippen molar-refractivity contribution in [3.63, 3.8) is 0 Å². The Balaban J connectivity index is 1.32. The first kappa shape index (κ1) is 18.2. The average molecular weight is 367 g/mol. The first-order valence-electron chi connectivity index (χ1n) is 10.1. The van der Waals surface area contributed by atoms with E-state index in [1.165, 1.54) is 25.9 Å². The molecule has 1 aromatic heterocycles. The standard InChI is InChI=1S/C21H29N5O/c1-24-19(16-25-11-5-6-12-25)22-23-21(24)18-9-13-26(14-10-18)20(27)15-17-7-3-2-4-8-17/h2-4,7-8,18H,5-6,9-16H2,1H3. The number of benzene rings is 1. The summed E-state index contributed by atoms with van der Waals surface area (Å²) in [6.45, 7) is 4.86. The van der Waals surface area contributed by atoms with Gasteiger partial charge in [-0.05, 0) is 44.3 Å². The molecule has 1 aromatic carbocycles. The second kappa shape index (κ2) is 8.21. The van der Waals surface area contributed by atoms with Crippen molar-refractivity contribution >= 4 is 5.91 Å². The Kier molecular flexibility index (Phi) is 5.53. The number of piperidine rings is 1. The predicted octanol–water partition coefficient (Wildman–Crippen LogP) is 2.36. The number of rotatable bonds is 5. The van der Waals surface area contributed by atoms with Crippen LogP contribution in [-0.4, -0.2) is 56.7 Å². The van der Waals surface area contributed by atoms with Gasteiger partial charge in [0.15, 0.2) is 0 Å². The lowest BCUT2D eigenvalue weighted by Gasteiger charge is -2.31. The quantitative estimate of drug-likeness (QED) is 0.814. The van der Waals surface area contributed by atoms with Crippen LogP contribution in [0.15, 0.2) is 30.3 Å². The molecule has 0 spiro atoms. The van der Waals surface area contributed by atoms with Crippen molar-refractivity contribution in [2.75, 3.05) is 26.2 Å². The molecule has 0 saturated carbocycles. The molecule has 0 bridgehead atoms. The van der Waals surface area contributed by atoms with E-state index in [2.05, 4.69) is 26.7 Å². The van der Waals surface area contributed by atoms with Gasteiger partial charge in [0.05, 0.1) is 13.0 Å². The van der Waals surface area contributed by atoms with E-state index in [9.17, 15) is 4.79 Å². The van der Waals surface area contributed by atoms with E-state index >= 15 is 0 Å². The van der Waals surface area contributed by atoms with Crippen molar-refractivity contribution in [3.8, 4) is 0 Å². The number of nitrogens with zero attached hydrogens (tertiary/aromatic N) is 5. The van der Waals surface area contributed by atoms with Crippen LogP contribution in [0.3, 0.4) is 0 Å². The highest BCUT2D eigenvalue weighted by molar-refractivity contribution is 5.78. The van der Waals surface area contributed by atoms with Gasteiger partial charge in [0.2, 0.25) is 5.91 Å². The molecule has 0 atom stereocenters. The number of carbonyl (C=O) groups is 1. The van der Waals surface area contributed by atoms with Crippen LogP contribution in [0.1, 0.15) is 48.8 Å². The minimum absolute atomic E-state index is 0.229. The third kappa shape index (κ3) is 4.21. The molecule has 0 unspecified atom stereocenters. The second-order valence-corrected chi connectivity index (χ2v) is 7.83. The molecule has 6 heteroatoms. The third-order valence-electron chi connectivity index (χ3n) is 5.97. The highest BCUT2D eigenvalue weighted by Crippen LogP contribution is 2.27. The fourth-order valence-electron chi connectivity index (χ4n) is 4.28. The Hall–Kier alpha value is -2.21. The van der Waals surface area contributed by atoms with Crippen LogP contribution in [0.2, 0.25) is 0 Å². The Labute approximate surface area is 161 Å². The second-order valence-electron chi connectivity index (χ2n) is 7.83. The maximum absolute atomic E-state index is 12.6. The van der Waals surface area contributed by atoms with Crippen molar-refractivity contribution in [2.24, 2.45) is 7.05 Å². The molecule has 3 heterocycles. The largest absolute Gasteiger partial charge is 0.342 e. The van der Waals surface area contributed by atoms with Crippen LogP contribution in [0.4, 0.5) is 0 Å². The number of hydrogen-bond acceptors (Lipinski definition) is 4. The molecule has 2 fully saturated rings. The fourth-order valence-corrected chi connectivity index (χ4v) is 4.28. The zero-order valence-corrected chi connectivity index (χ0v) is 16.2. The predicted molar refractivity (Wildman–Crippen MR) is 104 cm³/mol. The van der Waals surface area contributed by atoms with Gasteiger partial charge in [0.1, 0.15) is 11.6 Å². The van der Waals surface area contributed by atoms with Gasteiger partial charge in [-0.25, -0.2) is 0 Å². The maximum atomic E-state index is 12.6. The van der Waals surface area contributed by atoms with Gasteiger partial charge in [-0.15, -0.1) is 10.2 Å². The smallest absolute Gasteiger partial charge is 0.226 e. The zero-order chi connectivity index (χ0) is 18.6. The van der Waals surface area contributed by atoms with Gasteiger partial charge in [-0.3, -0.25) is 9.69 Å². The molecular weight excluding hydrogens is 338 g/mol. The number of carbonyl (C=O) groups excluding carboxylic acids is 1. The summed E-state index contributed by atoms with van der Waals surface area (Å²) in [6.07, 6.45) is 5.02. The molecule has 2 aliphatic heterocycles. The number of amides is 1. The lowest BCUT2D eigenvalue weighted by atomic mass is 9.95. The minimum Gasteiger partial charge on any atom is -0.342 e. The summed E-state index contributed by atoms with van der Waals surface area (Å²) in [4.78, 5) is 17.0. The van der Waals surface area contributed by atoms with Crippen molar-refractivity contribution in [2.45, 2.75) is 44.6 Å². The molecule has 27 heavy (non-hydrogen) atoms. The Morgan fingerprint density at radius 2 is 1.74 bits per heavy atom. The van der Waals surface area contributed by atoms with E-state index < -0.39 is 0 Å². The molecule has 2 aliphatic rings. The first-order valence-corrected chi connectivity index (χ1v) is 10.1. The van der Waals surface area contributed by atoms with Gasteiger partial charge >= 0.3 is 0 Å². The molecule has 0 N–H and O–H groups in total. The molecule has 2 aromatic rings. The first-order chi connectivity index (χ1) is 13.2. The summed E-state index contributed by atoms with van der Waals surface area (Å²) in [5.41, 5.74) is 1.09. The minimum atomic E-state index is 0.229. The Morgan fingerprint density at radius 1 is 1.04 bits per heavy atom. The monoisotopic (exact) mass is 367 g/mol. The molecule has 2 saturated heterocycles. The van der Waals surface area contributed by atoms with Crippen LogP contribution < -0.4 is 0 Å². The van der Waals surface area contributed by atoms with Crippen LogP contribution in [0, 0.1) is 0 Å². The molecular formula is C21H29N5O. The SMILES string of the molecule is Cn1c(CN2CCCC2)nnc1C1CCN(C(=O)Cc2ccccc2)CC1. The highest BCUT2D eigenvalue weighted by atomic mass is 16.2. The third-order valence-corrected chi connectivity index (χ3v) is 5.97. The van der Waals surface area contributed by atoms with E-state index in [0.29, 0.717) is 12.3 Å². The van der Waals surface area contributed by atoms with E-state index in [0.717, 1.165) is 49.7 Å². The molecule has 4 rings (SSSR count). The summed E-state index contributed by atoms with van der Waals surface area (Å²) in [7, 11) is 2.09. The molecule has 6 nitrogen and oxygen atoms in total. The van der Waals surface area contributed by atoms with Crippen molar-refractivity contribution in [1.82, 2.24) is 24.6 Å². The normalized spacial score (nSPS) is 18.9. The number of aromatic nitrogens is 3. The summed E-state index contributed by atoms with van der Waals surface area (Å²) in [6, 6.07) is 10.0. The zero-order valence-electron chi connectivity index (χ0n) is 16.2. The fraction of sp³-hybridized carbons (Fsp3) is 0.571. The van der Waals surface area contributed by atoms with E-state index in [4.69, 9.17) is 0 Å². The average Bonchev–Trinajstić information content (AvgIpc) is 3.34. The molecule has 1 amide bonds. The topological polar surface area (TPSA) is 54.3 Å². The van der Waals surface area contributed by atoms with E-state index in [-0.39, 0.29) is 5.91 Å². The Morgan fingerprint density at radius 3 is 2.44 bits per heavy atom. The van der Waals surface area contributed by atoms with Crippen molar-refractivity contribution in [1.29, 1.82) is 0 Å². The highest BCUT2D eigenvalue weighted by Gasteiger charge is 2.27. The molecule has 0 aliphatic carbocycles. The van der Waals surface area contributed by atoms with Crippen LogP contribution >= 0.6 is 0 Å². The molecule has 0 radical (unpaired) electrons. The molecule has 144 valence electrons. The Bertz CT molecular complexity index is 758. The van der Waals surface area contributed by atoms with Crippen molar-refractivity contribution < 1.29 is 4.79 Å². The van der Waals surface area contributed by atoms with Gasteiger partial charge in [0.25, 0.3) is 0 Å². The van der Waals surface area contributed by atoms with Gasteiger partial charge in [0, 0.05) is 26.1 Å².